The predicted octanol–water partition coefficient (Wildman–Crippen LogP) is 4.22. The molecular weight excluding hydrogens is 446 g/mol. The molecule has 0 radical (unpaired) electrons. The molecule has 1 aliphatic carbocycles. The van der Waals surface area contributed by atoms with E-state index in [0.29, 0.717) is 30.8 Å². The maximum absolute atomic E-state index is 6.22. The van der Waals surface area contributed by atoms with Gasteiger partial charge in [0.15, 0.2) is 11.5 Å². The van der Waals surface area contributed by atoms with E-state index in [1.807, 2.05) is 18.2 Å². The molecule has 0 spiro atoms. The molecule has 3 heterocycles. The van der Waals surface area contributed by atoms with Crippen molar-refractivity contribution in [2.45, 2.75) is 32.5 Å². The average molecular weight is 476 g/mol. The minimum Gasteiger partial charge on any atom is -0.493 e. The van der Waals surface area contributed by atoms with Crippen molar-refractivity contribution >= 4 is 16.5 Å². The van der Waals surface area contributed by atoms with Crippen molar-refractivity contribution in [1.82, 2.24) is 14.9 Å². The smallest absolute Gasteiger partial charge is 0.230 e. The summed E-state index contributed by atoms with van der Waals surface area (Å²) in [5.74, 6) is 2.50. The van der Waals surface area contributed by atoms with Crippen LogP contribution in [-0.4, -0.2) is 67.2 Å². The number of benzene rings is 2. The molecule has 2 unspecified atom stereocenters. The average Bonchev–Trinajstić information content (AvgIpc) is 3.53. The quantitative estimate of drug-likeness (QED) is 0.503. The number of likely N-dealkylation sites (tertiary alicyclic amines) is 1. The van der Waals surface area contributed by atoms with E-state index in [-0.39, 0.29) is 12.2 Å². The van der Waals surface area contributed by atoms with Gasteiger partial charge >= 0.3 is 0 Å². The highest BCUT2D eigenvalue weighted by Crippen LogP contribution is 2.38. The number of allylic oxidation sites excluding steroid dienone is 2. The zero-order valence-electron chi connectivity index (χ0n) is 20.2. The summed E-state index contributed by atoms with van der Waals surface area (Å²) in [5.41, 5.74) is 6.03. The molecule has 0 N–H and O–H groups in total. The van der Waals surface area contributed by atoms with Gasteiger partial charge in [-0.25, -0.2) is 9.97 Å². The number of fused-ring (bicyclic) bond motifs is 3. The van der Waals surface area contributed by atoms with Gasteiger partial charge in [-0.2, -0.15) is 0 Å². The molecule has 8 heteroatoms. The zero-order chi connectivity index (χ0) is 23.9. The molecule has 2 aliphatic heterocycles. The predicted molar refractivity (Wildman–Crippen MR) is 131 cm³/mol. The molecule has 2 aromatic carbocycles. The first-order chi connectivity index (χ1) is 17.1. The summed E-state index contributed by atoms with van der Waals surface area (Å²) in [4.78, 5) is 11.1. The molecular formula is C27H29N3O5. The largest absolute Gasteiger partial charge is 0.493 e. The number of aromatic nitrogens is 2. The second kappa shape index (κ2) is 9.11. The molecule has 0 amide bonds. The summed E-state index contributed by atoms with van der Waals surface area (Å²) in [6, 6.07) is 9.98. The van der Waals surface area contributed by atoms with Crippen molar-refractivity contribution in [2.75, 3.05) is 40.1 Å². The number of methoxy groups -OCH3 is 1. The van der Waals surface area contributed by atoms with E-state index in [1.54, 1.807) is 7.11 Å². The lowest BCUT2D eigenvalue weighted by Crippen LogP contribution is -2.28. The molecule has 2 saturated heterocycles. The van der Waals surface area contributed by atoms with Gasteiger partial charge in [-0.15, -0.1) is 0 Å². The minimum atomic E-state index is 0.176. The summed E-state index contributed by atoms with van der Waals surface area (Å²) < 4.78 is 29.1. The summed E-state index contributed by atoms with van der Waals surface area (Å²) in [5, 5.41) is 0.766. The zero-order valence-corrected chi connectivity index (χ0v) is 20.2. The Kier molecular flexibility index (Phi) is 5.80. The summed E-state index contributed by atoms with van der Waals surface area (Å²) in [7, 11) is 1.63. The Balaban J connectivity index is 1.19. The van der Waals surface area contributed by atoms with E-state index >= 15 is 0 Å². The van der Waals surface area contributed by atoms with Crippen LogP contribution in [0.15, 0.2) is 42.2 Å². The molecule has 3 aliphatic rings. The Hall–Kier alpha value is -3.20. The van der Waals surface area contributed by atoms with Gasteiger partial charge in [-0.05, 0) is 55.2 Å². The Labute approximate surface area is 204 Å². The molecule has 2 atom stereocenters. The summed E-state index contributed by atoms with van der Waals surface area (Å²) >= 11 is 0. The maximum atomic E-state index is 6.22. The fourth-order valence-corrected chi connectivity index (χ4v) is 5.10. The minimum absolute atomic E-state index is 0.176. The normalized spacial score (nSPS) is 21.5. The number of rotatable bonds is 7. The van der Waals surface area contributed by atoms with E-state index in [1.165, 1.54) is 28.6 Å². The van der Waals surface area contributed by atoms with Crippen LogP contribution >= 0.6 is 0 Å². The van der Waals surface area contributed by atoms with Crippen LogP contribution in [0.2, 0.25) is 0 Å². The fourth-order valence-electron chi connectivity index (χ4n) is 5.10. The third kappa shape index (κ3) is 4.22. The van der Waals surface area contributed by atoms with Crippen LogP contribution < -0.4 is 14.2 Å². The third-order valence-corrected chi connectivity index (χ3v) is 7.20. The van der Waals surface area contributed by atoms with Crippen LogP contribution in [-0.2, 0) is 15.9 Å². The molecule has 182 valence electrons. The summed E-state index contributed by atoms with van der Waals surface area (Å²) in [6.07, 6.45) is 2.86. The number of ether oxygens (including phenoxy) is 5. The number of hydrogen-bond acceptors (Lipinski definition) is 8. The van der Waals surface area contributed by atoms with Crippen LogP contribution in [0, 0.1) is 0 Å². The SMILES string of the molecule is COc1cc2c(Oc3ccc4c(c3)C(C)=C(C)C4)ncnc2cc1OCCN1CC2OCOC2C1. The molecule has 0 bridgehead atoms. The standard InChI is InChI=1S/C27H29N3O5/c1-16-8-18-4-5-19(9-20(18)17(16)2)35-27-21-10-23(31-3)24(11-22(21)28-14-29-27)32-7-6-30-12-25-26(13-30)34-15-33-25/h4-5,9-11,14,25-26H,6-8,12-13,15H2,1-3H3. The third-order valence-electron chi connectivity index (χ3n) is 7.20. The van der Waals surface area contributed by atoms with Crippen molar-refractivity contribution in [2.24, 2.45) is 0 Å². The van der Waals surface area contributed by atoms with Gasteiger partial charge in [-0.3, -0.25) is 4.90 Å². The van der Waals surface area contributed by atoms with Crippen LogP contribution in [0.1, 0.15) is 25.0 Å². The lowest BCUT2D eigenvalue weighted by Gasteiger charge is -2.18. The van der Waals surface area contributed by atoms with E-state index < -0.39 is 0 Å². The lowest BCUT2D eigenvalue weighted by molar-refractivity contribution is 0.0140. The molecule has 2 fully saturated rings. The second-order valence-corrected chi connectivity index (χ2v) is 9.34. The molecule has 0 saturated carbocycles. The Morgan fingerprint density at radius 1 is 1.03 bits per heavy atom. The molecule has 6 rings (SSSR count). The van der Waals surface area contributed by atoms with Crippen LogP contribution in [0.25, 0.3) is 16.5 Å². The van der Waals surface area contributed by atoms with Crippen molar-refractivity contribution in [1.29, 1.82) is 0 Å². The first kappa shape index (κ1) is 22.3. The van der Waals surface area contributed by atoms with Gasteiger partial charge in [-0.1, -0.05) is 11.6 Å². The van der Waals surface area contributed by atoms with Gasteiger partial charge in [0.2, 0.25) is 5.88 Å². The molecule has 8 nitrogen and oxygen atoms in total. The first-order valence-corrected chi connectivity index (χ1v) is 12.0. The van der Waals surface area contributed by atoms with E-state index in [2.05, 4.69) is 40.8 Å². The number of hydrogen-bond donors (Lipinski definition) is 0. The Bertz CT molecular complexity index is 1300. The lowest BCUT2D eigenvalue weighted by atomic mass is 10.1. The maximum Gasteiger partial charge on any atom is 0.230 e. The van der Waals surface area contributed by atoms with E-state index in [9.17, 15) is 0 Å². The second-order valence-electron chi connectivity index (χ2n) is 9.34. The molecule has 35 heavy (non-hydrogen) atoms. The van der Waals surface area contributed by atoms with Crippen molar-refractivity contribution < 1.29 is 23.7 Å². The monoisotopic (exact) mass is 475 g/mol. The molecule has 3 aromatic rings. The highest BCUT2D eigenvalue weighted by Gasteiger charge is 2.38. The van der Waals surface area contributed by atoms with Gasteiger partial charge < -0.3 is 23.7 Å². The first-order valence-electron chi connectivity index (χ1n) is 12.0. The van der Waals surface area contributed by atoms with Gasteiger partial charge in [0.1, 0.15) is 37.7 Å². The van der Waals surface area contributed by atoms with E-state index in [0.717, 1.165) is 42.7 Å². The van der Waals surface area contributed by atoms with Crippen molar-refractivity contribution in [3.8, 4) is 23.1 Å². The topological polar surface area (TPSA) is 75.2 Å². The summed E-state index contributed by atoms with van der Waals surface area (Å²) in [6.45, 7) is 7.79. The van der Waals surface area contributed by atoms with Crippen molar-refractivity contribution in [3.05, 3.63) is 53.4 Å². The fraction of sp³-hybridized carbons (Fsp3) is 0.407. The Morgan fingerprint density at radius 2 is 1.86 bits per heavy atom. The van der Waals surface area contributed by atoms with Crippen LogP contribution in [0.3, 0.4) is 0 Å². The molecule has 1 aromatic heterocycles. The van der Waals surface area contributed by atoms with E-state index in [4.69, 9.17) is 23.7 Å². The van der Waals surface area contributed by atoms with Gasteiger partial charge in [0.05, 0.1) is 18.0 Å². The van der Waals surface area contributed by atoms with Gasteiger partial charge in [0.25, 0.3) is 0 Å². The highest BCUT2D eigenvalue weighted by molar-refractivity contribution is 5.87. The van der Waals surface area contributed by atoms with Crippen molar-refractivity contribution in [3.63, 3.8) is 0 Å². The van der Waals surface area contributed by atoms with Crippen LogP contribution in [0.5, 0.6) is 23.1 Å². The number of nitrogens with zero attached hydrogens (tertiary/aromatic N) is 3. The van der Waals surface area contributed by atoms with Gasteiger partial charge in [0, 0.05) is 25.7 Å². The highest BCUT2D eigenvalue weighted by atomic mass is 16.7. The Morgan fingerprint density at radius 3 is 2.66 bits per heavy atom. The van der Waals surface area contributed by atoms with Crippen LogP contribution in [0.4, 0.5) is 0 Å².